The fourth-order valence-electron chi connectivity index (χ4n) is 6.01. The third-order valence-corrected chi connectivity index (χ3v) is 8.25. The quantitative estimate of drug-likeness (QED) is 0.207. The van der Waals surface area contributed by atoms with E-state index in [0.717, 1.165) is 59.1 Å². The maximum atomic E-state index is 13.8. The van der Waals surface area contributed by atoms with E-state index < -0.39 is 0 Å². The monoisotopic (exact) mass is 549 g/mol. The summed E-state index contributed by atoms with van der Waals surface area (Å²) in [6.45, 7) is 4.65. The van der Waals surface area contributed by atoms with Crippen LogP contribution in [0.4, 0.5) is 8.78 Å². The van der Waals surface area contributed by atoms with Crippen molar-refractivity contribution in [3.8, 4) is 22.3 Å². The second kappa shape index (κ2) is 11.7. The van der Waals surface area contributed by atoms with Gasteiger partial charge in [0, 0.05) is 42.1 Å². The molecule has 2 N–H and O–H groups in total. The Morgan fingerprint density at radius 3 is 2.22 bits per heavy atom. The Kier molecular flexibility index (Phi) is 7.66. The minimum Gasteiger partial charge on any atom is -0.350 e. The molecule has 0 aliphatic carbocycles. The van der Waals surface area contributed by atoms with E-state index in [1.807, 2.05) is 24.3 Å². The molecule has 0 radical (unpaired) electrons. The highest BCUT2D eigenvalue weighted by Crippen LogP contribution is 2.35. The molecule has 1 fully saturated rings. The highest BCUT2D eigenvalue weighted by molar-refractivity contribution is 6.10. The molecule has 1 amide bonds. The molecule has 0 bridgehead atoms. The van der Waals surface area contributed by atoms with Crippen LogP contribution in [0.3, 0.4) is 0 Å². The zero-order valence-corrected chi connectivity index (χ0v) is 23.0. The average Bonchev–Trinajstić information content (AvgIpc) is 3.58. The van der Waals surface area contributed by atoms with Crippen LogP contribution in [0.25, 0.3) is 33.2 Å². The van der Waals surface area contributed by atoms with Crippen molar-refractivity contribution in [3.05, 3.63) is 120 Å². The van der Waals surface area contributed by atoms with E-state index in [1.165, 1.54) is 29.8 Å². The van der Waals surface area contributed by atoms with E-state index >= 15 is 0 Å². The number of H-pyrrole nitrogens is 1. The first kappa shape index (κ1) is 26.9. The van der Waals surface area contributed by atoms with E-state index in [0.29, 0.717) is 18.2 Å². The smallest absolute Gasteiger partial charge is 0.268 e. The molecule has 1 aliphatic rings. The van der Waals surface area contributed by atoms with Gasteiger partial charge in [-0.25, -0.2) is 8.78 Å². The van der Waals surface area contributed by atoms with Crippen molar-refractivity contribution >= 4 is 16.8 Å². The van der Waals surface area contributed by atoms with Crippen LogP contribution in [0.15, 0.2) is 97.1 Å². The first-order chi connectivity index (χ1) is 20.0. The summed E-state index contributed by atoms with van der Waals surface area (Å²) in [5.41, 5.74) is 5.78. The van der Waals surface area contributed by atoms with E-state index in [-0.39, 0.29) is 23.6 Å². The number of likely N-dealkylation sites (tertiary alicyclic amines) is 1. The first-order valence-corrected chi connectivity index (χ1v) is 14.2. The standard InChI is InChI=1S/C35H33F2N3O/c1-2-23-18-30(40(21-23)22-24-6-4-3-5-7-24)20-38-35(41)34-33(26-10-15-29(37)16-11-26)31-17-12-27(19-32(31)39-34)25-8-13-28(36)14-9-25/h3-17,19,23,30,39H,2,18,20-22H2,1H3,(H,38,41)/t23-,30+/m1/s1. The SMILES string of the molecule is CC[C@@H]1C[C@@H](CNC(=O)c2[nH]c3cc(-c4ccc(F)cc4)ccc3c2-c2ccc(F)cc2)N(Cc2ccccc2)C1. The number of halogens is 2. The molecule has 0 unspecified atom stereocenters. The molecule has 2 atom stereocenters. The molecule has 0 spiro atoms. The molecule has 1 saturated heterocycles. The van der Waals surface area contributed by atoms with Crippen LogP contribution in [0.2, 0.25) is 0 Å². The summed E-state index contributed by atoms with van der Waals surface area (Å²) in [5, 5.41) is 4.07. The van der Waals surface area contributed by atoms with Crippen molar-refractivity contribution in [2.75, 3.05) is 13.1 Å². The minimum absolute atomic E-state index is 0.191. The number of nitrogens with one attached hydrogen (secondary N) is 2. The van der Waals surface area contributed by atoms with Crippen molar-refractivity contribution in [2.24, 2.45) is 5.92 Å². The molecule has 4 nitrogen and oxygen atoms in total. The second-order valence-electron chi connectivity index (χ2n) is 10.9. The molecule has 2 heterocycles. The molecule has 208 valence electrons. The zero-order valence-electron chi connectivity index (χ0n) is 23.0. The Bertz CT molecular complexity index is 1650. The predicted molar refractivity (Wildman–Crippen MR) is 160 cm³/mol. The summed E-state index contributed by atoms with van der Waals surface area (Å²) in [6.07, 6.45) is 2.16. The normalized spacial score (nSPS) is 17.2. The fourth-order valence-corrected chi connectivity index (χ4v) is 6.01. The summed E-state index contributed by atoms with van der Waals surface area (Å²) in [6, 6.07) is 29.2. The van der Waals surface area contributed by atoms with E-state index in [4.69, 9.17) is 0 Å². The van der Waals surface area contributed by atoms with Gasteiger partial charge in [-0.2, -0.15) is 0 Å². The van der Waals surface area contributed by atoms with E-state index in [9.17, 15) is 13.6 Å². The first-order valence-electron chi connectivity index (χ1n) is 14.2. The number of carbonyl (C=O) groups excluding carboxylic acids is 1. The summed E-state index contributed by atoms with van der Waals surface area (Å²) in [5.74, 6) is -0.206. The number of fused-ring (bicyclic) bond motifs is 1. The van der Waals surface area contributed by atoms with Crippen molar-refractivity contribution < 1.29 is 13.6 Å². The number of benzene rings is 4. The zero-order chi connectivity index (χ0) is 28.3. The van der Waals surface area contributed by atoms with Crippen LogP contribution in [-0.4, -0.2) is 34.9 Å². The Morgan fingerprint density at radius 1 is 0.878 bits per heavy atom. The molecule has 4 aromatic carbocycles. The summed E-state index contributed by atoms with van der Waals surface area (Å²) < 4.78 is 27.3. The number of rotatable bonds is 8. The van der Waals surface area contributed by atoms with E-state index in [1.54, 1.807) is 24.3 Å². The Morgan fingerprint density at radius 2 is 1.54 bits per heavy atom. The fraction of sp³-hybridized carbons (Fsp3) is 0.229. The van der Waals surface area contributed by atoms with E-state index in [2.05, 4.69) is 46.4 Å². The lowest BCUT2D eigenvalue weighted by atomic mass is 9.99. The van der Waals surface area contributed by atoms with Crippen LogP contribution in [0, 0.1) is 17.6 Å². The maximum absolute atomic E-state index is 13.8. The number of carbonyl (C=O) groups is 1. The molecule has 1 aromatic heterocycles. The van der Waals surface area contributed by atoms with Gasteiger partial charge in [0.1, 0.15) is 17.3 Å². The number of nitrogens with zero attached hydrogens (tertiary/aromatic N) is 1. The van der Waals surface area contributed by atoms with Crippen LogP contribution >= 0.6 is 0 Å². The summed E-state index contributed by atoms with van der Waals surface area (Å²) in [7, 11) is 0. The summed E-state index contributed by atoms with van der Waals surface area (Å²) >= 11 is 0. The van der Waals surface area contributed by atoms with Gasteiger partial charge < -0.3 is 10.3 Å². The molecule has 1 aliphatic heterocycles. The van der Waals surface area contributed by atoms with Gasteiger partial charge in [-0.05, 0) is 64.9 Å². The average molecular weight is 550 g/mol. The van der Waals surface area contributed by atoms with Gasteiger partial charge in [-0.15, -0.1) is 0 Å². The summed E-state index contributed by atoms with van der Waals surface area (Å²) in [4.78, 5) is 19.6. The predicted octanol–water partition coefficient (Wildman–Crippen LogP) is 7.81. The van der Waals surface area contributed by atoms with Crippen LogP contribution in [0.5, 0.6) is 0 Å². The van der Waals surface area contributed by atoms with Gasteiger partial charge in [0.05, 0.1) is 0 Å². The van der Waals surface area contributed by atoms with Crippen molar-refractivity contribution in [2.45, 2.75) is 32.4 Å². The number of hydrogen-bond acceptors (Lipinski definition) is 2. The van der Waals surface area contributed by atoms with Crippen molar-refractivity contribution in [1.29, 1.82) is 0 Å². The van der Waals surface area contributed by atoms with Gasteiger partial charge in [0.15, 0.2) is 0 Å². The van der Waals surface area contributed by atoms with Gasteiger partial charge in [-0.1, -0.05) is 80.1 Å². The minimum atomic E-state index is -0.330. The van der Waals surface area contributed by atoms with Crippen LogP contribution in [0.1, 0.15) is 35.8 Å². The Labute approximate surface area is 239 Å². The molecule has 6 heteroatoms. The maximum Gasteiger partial charge on any atom is 0.268 e. The second-order valence-corrected chi connectivity index (χ2v) is 10.9. The Hall–Kier alpha value is -4.29. The Balaban J connectivity index is 1.29. The lowest BCUT2D eigenvalue weighted by Gasteiger charge is -2.24. The highest BCUT2D eigenvalue weighted by atomic mass is 19.1. The molecule has 5 aromatic rings. The van der Waals surface area contributed by atoms with Crippen molar-refractivity contribution in [3.63, 3.8) is 0 Å². The largest absolute Gasteiger partial charge is 0.350 e. The topological polar surface area (TPSA) is 48.1 Å². The third kappa shape index (κ3) is 5.79. The highest BCUT2D eigenvalue weighted by Gasteiger charge is 2.31. The third-order valence-electron chi connectivity index (χ3n) is 8.25. The van der Waals surface area contributed by atoms with Gasteiger partial charge in [0.25, 0.3) is 5.91 Å². The molecular formula is C35H33F2N3O. The molecule has 41 heavy (non-hydrogen) atoms. The van der Waals surface area contributed by atoms with Crippen molar-refractivity contribution in [1.82, 2.24) is 15.2 Å². The van der Waals surface area contributed by atoms with Crippen LogP contribution < -0.4 is 5.32 Å². The molecular weight excluding hydrogens is 516 g/mol. The lowest BCUT2D eigenvalue weighted by molar-refractivity contribution is 0.0936. The van der Waals surface area contributed by atoms with Gasteiger partial charge in [0.2, 0.25) is 0 Å². The number of amides is 1. The number of aromatic nitrogens is 1. The number of hydrogen-bond donors (Lipinski definition) is 2. The number of aromatic amines is 1. The van der Waals surface area contributed by atoms with Gasteiger partial charge >= 0.3 is 0 Å². The molecule has 6 rings (SSSR count). The molecule has 0 saturated carbocycles. The van der Waals surface area contributed by atoms with Crippen LogP contribution in [-0.2, 0) is 6.54 Å². The lowest BCUT2D eigenvalue weighted by Crippen LogP contribution is -2.40. The van der Waals surface area contributed by atoms with Gasteiger partial charge in [-0.3, -0.25) is 9.69 Å².